The van der Waals surface area contributed by atoms with E-state index in [9.17, 15) is 9.59 Å². The van der Waals surface area contributed by atoms with Crippen LogP contribution in [0.5, 0.6) is 0 Å². The Hall–Kier alpha value is -2.04. The predicted octanol–water partition coefficient (Wildman–Crippen LogP) is 3.88. The molecule has 0 radical (unpaired) electrons. The third-order valence-electron chi connectivity index (χ3n) is 3.25. The first-order chi connectivity index (χ1) is 10.9. The van der Waals surface area contributed by atoms with E-state index in [0.717, 1.165) is 5.56 Å². The zero-order valence-corrected chi connectivity index (χ0v) is 14.3. The molecule has 0 atom stereocenters. The van der Waals surface area contributed by atoms with Crippen LogP contribution in [0.2, 0.25) is 10.0 Å². The Morgan fingerprint density at radius 2 is 1.65 bits per heavy atom. The van der Waals surface area contributed by atoms with Crippen molar-refractivity contribution < 1.29 is 9.59 Å². The quantitative estimate of drug-likeness (QED) is 0.909. The van der Waals surface area contributed by atoms with Gasteiger partial charge >= 0.3 is 0 Å². The van der Waals surface area contributed by atoms with Gasteiger partial charge in [-0.1, -0.05) is 35.3 Å². The minimum Gasteiger partial charge on any atom is -0.349 e. The Morgan fingerprint density at radius 3 is 2.22 bits per heavy atom. The van der Waals surface area contributed by atoms with Crippen LogP contribution in [-0.2, 0) is 11.2 Å². The number of amides is 2. The molecule has 0 saturated carbocycles. The number of nitrogens with one attached hydrogen (secondary N) is 1. The summed E-state index contributed by atoms with van der Waals surface area (Å²) in [6, 6.07) is 11.8. The van der Waals surface area contributed by atoms with E-state index in [0.29, 0.717) is 27.7 Å². The fraction of sp³-hybridized carbons (Fsp3) is 0.176. The molecular formula is C17H16Cl2N2O2. The predicted molar refractivity (Wildman–Crippen MR) is 93.3 cm³/mol. The molecule has 0 aromatic heterocycles. The highest BCUT2D eigenvalue weighted by molar-refractivity contribution is 6.42. The molecule has 0 aliphatic heterocycles. The molecule has 120 valence electrons. The van der Waals surface area contributed by atoms with Crippen molar-refractivity contribution in [2.45, 2.75) is 6.42 Å². The van der Waals surface area contributed by atoms with Crippen molar-refractivity contribution in [1.82, 2.24) is 4.90 Å². The SMILES string of the molecule is CN(C)C(=O)Cc1ccc(NC(=O)c2ccc(Cl)c(Cl)c2)cc1. The fourth-order valence-electron chi connectivity index (χ4n) is 1.88. The third-order valence-corrected chi connectivity index (χ3v) is 3.99. The van der Waals surface area contributed by atoms with Crippen molar-refractivity contribution in [1.29, 1.82) is 0 Å². The zero-order valence-electron chi connectivity index (χ0n) is 12.8. The lowest BCUT2D eigenvalue weighted by atomic mass is 10.1. The highest BCUT2D eigenvalue weighted by atomic mass is 35.5. The number of hydrogen-bond acceptors (Lipinski definition) is 2. The lowest BCUT2D eigenvalue weighted by Gasteiger charge is -2.11. The van der Waals surface area contributed by atoms with Gasteiger partial charge in [0.2, 0.25) is 5.91 Å². The number of rotatable bonds is 4. The molecule has 0 saturated heterocycles. The molecule has 6 heteroatoms. The van der Waals surface area contributed by atoms with E-state index < -0.39 is 0 Å². The van der Waals surface area contributed by atoms with Gasteiger partial charge in [0.25, 0.3) is 5.91 Å². The summed E-state index contributed by atoms with van der Waals surface area (Å²) in [5, 5.41) is 3.50. The van der Waals surface area contributed by atoms with Crippen LogP contribution in [0.4, 0.5) is 5.69 Å². The van der Waals surface area contributed by atoms with Gasteiger partial charge in [-0.25, -0.2) is 0 Å². The number of carbonyl (C=O) groups is 2. The molecule has 0 fully saturated rings. The van der Waals surface area contributed by atoms with Crippen LogP contribution in [0.15, 0.2) is 42.5 Å². The molecule has 1 N–H and O–H groups in total. The lowest BCUT2D eigenvalue weighted by Crippen LogP contribution is -2.23. The van der Waals surface area contributed by atoms with Crippen LogP contribution in [0.3, 0.4) is 0 Å². The average Bonchev–Trinajstić information content (AvgIpc) is 2.51. The molecule has 4 nitrogen and oxygen atoms in total. The molecule has 2 aromatic carbocycles. The van der Waals surface area contributed by atoms with Crippen molar-refractivity contribution in [2.75, 3.05) is 19.4 Å². The van der Waals surface area contributed by atoms with Gasteiger partial charge < -0.3 is 10.2 Å². The first-order valence-corrected chi connectivity index (χ1v) is 7.68. The van der Waals surface area contributed by atoms with Crippen LogP contribution < -0.4 is 5.32 Å². The maximum absolute atomic E-state index is 12.2. The van der Waals surface area contributed by atoms with Crippen LogP contribution in [0, 0.1) is 0 Å². The van der Waals surface area contributed by atoms with Gasteiger partial charge in [-0.05, 0) is 35.9 Å². The normalized spacial score (nSPS) is 10.3. The molecule has 2 rings (SSSR count). The van der Waals surface area contributed by atoms with E-state index >= 15 is 0 Å². The fourth-order valence-corrected chi connectivity index (χ4v) is 2.18. The highest BCUT2D eigenvalue weighted by Gasteiger charge is 2.09. The van der Waals surface area contributed by atoms with Gasteiger partial charge in [0.1, 0.15) is 0 Å². The summed E-state index contributed by atoms with van der Waals surface area (Å²) in [7, 11) is 3.43. The topological polar surface area (TPSA) is 49.4 Å². The minimum absolute atomic E-state index is 0.0255. The van der Waals surface area contributed by atoms with E-state index in [1.54, 1.807) is 43.3 Å². The van der Waals surface area contributed by atoms with Gasteiger partial charge in [-0.2, -0.15) is 0 Å². The second-order valence-corrected chi connectivity index (χ2v) is 6.06. The molecule has 23 heavy (non-hydrogen) atoms. The third kappa shape index (κ3) is 4.71. The molecule has 0 heterocycles. The maximum Gasteiger partial charge on any atom is 0.255 e. The van der Waals surface area contributed by atoms with Gasteiger partial charge in [0, 0.05) is 25.3 Å². The number of halogens is 2. The van der Waals surface area contributed by atoms with Crippen LogP contribution in [-0.4, -0.2) is 30.8 Å². The summed E-state index contributed by atoms with van der Waals surface area (Å²) in [6.45, 7) is 0. The molecule has 0 bridgehead atoms. The van der Waals surface area contributed by atoms with Crippen LogP contribution in [0.25, 0.3) is 0 Å². The number of likely N-dealkylation sites (N-methyl/N-ethyl adjacent to an activating group) is 1. The standard InChI is InChI=1S/C17H16Cl2N2O2/c1-21(2)16(22)9-11-3-6-13(7-4-11)20-17(23)12-5-8-14(18)15(19)10-12/h3-8,10H,9H2,1-2H3,(H,20,23). The number of nitrogens with zero attached hydrogens (tertiary/aromatic N) is 1. The molecule has 0 aliphatic rings. The van der Waals surface area contributed by atoms with E-state index in [-0.39, 0.29) is 11.8 Å². The first kappa shape index (κ1) is 17.3. The zero-order chi connectivity index (χ0) is 17.0. The number of hydrogen-bond donors (Lipinski definition) is 1. The summed E-state index contributed by atoms with van der Waals surface area (Å²) in [4.78, 5) is 25.3. The largest absolute Gasteiger partial charge is 0.349 e. The summed E-state index contributed by atoms with van der Waals surface area (Å²) < 4.78 is 0. The van der Waals surface area contributed by atoms with Crippen molar-refractivity contribution in [3.05, 3.63) is 63.6 Å². The summed E-state index contributed by atoms with van der Waals surface area (Å²) in [5.74, 6) is -0.252. The maximum atomic E-state index is 12.2. The van der Waals surface area contributed by atoms with Gasteiger partial charge in [-0.3, -0.25) is 9.59 Å². The van der Waals surface area contributed by atoms with E-state index in [1.807, 2.05) is 12.1 Å². The minimum atomic E-state index is -0.277. The molecule has 0 spiro atoms. The number of carbonyl (C=O) groups excluding carboxylic acids is 2. The first-order valence-electron chi connectivity index (χ1n) is 6.92. The van der Waals surface area contributed by atoms with E-state index in [1.165, 1.54) is 6.07 Å². The summed E-state index contributed by atoms with van der Waals surface area (Å²) >= 11 is 11.7. The Labute approximate surface area is 145 Å². The van der Waals surface area contributed by atoms with Gasteiger partial charge in [0.15, 0.2) is 0 Å². The molecule has 0 unspecified atom stereocenters. The lowest BCUT2D eigenvalue weighted by molar-refractivity contribution is -0.127. The smallest absolute Gasteiger partial charge is 0.255 e. The van der Waals surface area contributed by atoms with Crippen molar-refractivity contribution in [2.24, 2.45) is 0 Å². The van der Waals surface area contributed by atoms with Gasteiger partial charge in [0.05, 0.1) is 16.5 Å². The Kier molecular flexibility index (Phi) is 5.64. The monoisotopic (exact) mass is 350 g/mol. The van der Waals surface area contributed by atoms with Gasteiger partial charge in [-0.15, -0.1) is 0 Å². The summed E-state index contributed by atoms with van der Waals surface area (Å²) in [6.07, 6.45) is 0.327. The average molecular weight is 351 g/mol. The highest BCUT2D eigenvalue weighted by Crippen LogP contribution is 2.23. The number of anilines is 1. The Balaban J connectivity index is 2.04. The Bertz CT molecular complexity index is 728. The number of benzene rings is 2. The van der Waals surface area contributed by atoms with Crippen LogP contribution >= 0.6 is 23.2 Å². The van der Waals surface area contributed by atoms with E-state index in [2.05, 4.69) is 5.32 Å². The molecule has 2 aromatic rings. The van der Waals surface area contributed by atoms with Crippen LogP contribution in [0.1, 0.15) is 15.9 Å². The summed E-state index contributed by atoms with van der Waals surface area (Å²) in [5.41, 5.74) is 1.95. The van der Waals surface area contributed by atoms with Crippen molar-refractivity contribution in [3.8, 4) is 0 Å². The second kappa shape index (κ2) is 7.49. The molecular weight excluding hydrogens is 335 g/mol. The molecule has 2 amide bonds. The van der Waals surface area contributed by atoms with Crippen molar-refractivity contribution in [3.63, 3.8) is 0 Å². The van der Waals surface area contributed by atoms with E-state index in [4.69, 9.17) is 23.2 Å². The Morgan fingerprint density at radius 1 is 1.00 bits per heavy atom. The molecule has 0 aliphatic carbocycles. The van der Waals surface area contributed by atoms with Crippen molar-refractivity contribution >= 4 is 40.7 Å². The second-order valence-electron chi connectivity index (χ2n) is 5.24.